The fourth-order valence-electron chi connectivity index (χ4n) is 8.82. The maximum atomic E-state index is 5.23. The lowest BCUT2D eigenvalue weighted by atomic mass is 10.1. The van der Waals surface area contributed by atoms with E-state index in [1.807, 2.05) is 0 Å². The van der Waals surface area contributed by atoms with Crippen LogP contribution >= 0.6 is 0 Å². The maximum absolute atomic E-state index is 5.23. The van der Waals surface area contributed by atoms with Crippen LogP contribution in [-0.4, -0.2) is 24.1 Å². The van der Waals surface area contributed by atoms with E-state index in [2.05, 4.69) is 209 Å². The summed E-state index contributed by atoms with van der Waals surface area (Å²) < 4.78 is 4.83. The number of nitrogens with zero attached hydrogens (tertiary/aromatic N) is 5. The lowest BCUT2D eigenvalue weighted by Gasteiger charge is -2.14. The topological polar surface area (TPSA) is 48.5 Å². The van der Waals surface area contributed by atoms with E-state index in [9.17, 15) is 0 Å². The highest BCUT2D eigenvalue weighted by atomic mass is 15.1. The van der Waals surface area contributed by atoms with Crippen molar-refractivity contribution >= 4 is 65.2 Å². The molecule has 0 N–H and O–H groups in total. The van der Waals surface area contributed by atoms with E-state index in [1.165, 1.54) is 32.4 Å². The Bertz CT molecular complexity index is 3480. The Balaban J connectivity index is 1.12. The number of fused-ring (bicyclic) bond motifs is 8. The zero-order chi connectivity index (χ0) is 38.2. The van der Waals surface area contributed by atoms with Gasteiger partial charge in [-0.2, -0.15) is 0 Å². The van der Waals surface area contributed by atoms with Gasteiger partial charge in [-0.1, -0.05) is 152 Å². The Labute approximate surface area is 333 Å². The molecule has 0 bridgehead atoms. The minimum Gasteiger partial charge on any atom is -0.307 e. The van der Waals surface area contributed by atoms with Crippen LogP contribution in [0.4, 0.5) is 0 Å². The molecule has 0 aliphatic carbocycles. The monoisotopic (exact) mass is 739 g/mol. The molecule has 0 radical (unpaired) electrons. The molecule has 3 heterocycles. The van der Waals surface area contributed by atoms with Gasteiger partial charge in [0.2, 0.25) is 0 Å². The third kappa shape index (κ3) is 5.07. The van der Waals surface area contributed by atoms with Crippen molar-refractivity contribution in [2.24, 2.45) is 0 Å². The van der Waals surface area contributed by atoms with E-state index in [1.54, 1.807) is 0 Å². The van der Waals surface area contributed by atoms with Crippen molar-refractivity contribution in [3.63, 3.8) is 0 Å². The Hall–Kier alpha value is -7.89. The van der Waals surface area contributed by atoms with Crippen LogP contribution in [0.2, 0.25) is 0 Å². The molecule has 0 aliphatic heterocycles. The van der Waals surface area contributed by atoms with Crippen molar-refractivity contribution in [2.45, 2.75) is 0 Å². The van der Waals surface area contributed by atoms with Crippen molar-refractivity contribution in [3.05, 3.63) is 200 Å². The molecule has 5 nitrogen and oxygen atoms in total. The smallest absolute Gasteiger partial charge is 0.164 e. The van der Waals surface area contributed by atoms with E-state index in [-0.39, 0.29) is 0 Å². The normalized spacial score (nSPS) is 11.8. The van der Waals surface area contributed by atoms with Gasteiger partial charge in [-0.05, 0) is 70.1 Å². The zero-order valence-corrected chi connectivity index (χ0v) is 31.3. The van der Waals surface area contributed by atoms with Gasteiger partial charge in [0.1, 0.15) is 0 Å². The second kappa shape index (κ2) is 12.8. The Morgan fingerprint density at radius 3 is 1.40 bits per heavy atom. The molecule has 0 atom stereocenters. The van der Waals surface area contributed by atoms with Gasteiger partial charge in [0.25, 0.3) is 0 Å². The van der Waals surface area contributed by atoms with Crippen molar-refractivity contribution in [3.8, 4) is 45.5 Å². The van der Waals surface area contributed by atoms with Crippen molar-refractivity contribution < 1.29 is 0 Å². The average Bonchev–Trinajstić information content (AvgIpc) is 3.81. The molecule has 12 rings (SSSR count). The standard InChI is InChI=1S/C53H33N5/c1-2-17-41(18-3-1)57-46-22-10-9-20-43(46)45-21-12-24-48(50(45)57)58-47-23-11-8-19-42(47)44-30-29-40(33-49(44)58)53-55-51(38-27-25-34-13-4-6-15-36(34)31-38)54-52(56-53)39-28-26-35-14-5-7-16-37(35)32-39/h1-33H. The molecule has 58 heavy (non-hydrogen) atoms. The minimum atomic E-state index is 0.622. The third-order valence-electron chi connectivity index (χ3n) is 11.5. The second-order valence-electron chi connectivity index (χ2n) is 14.9. The summed E-state index contributed by atoms with van der Waals surface area (Å²) in [5.41, 5.74) is 9.57. The van der Waals surface area contributed by atoms with Crippen molar-refractivity contribution in [1.29, 1.82) is 0 Å². The first-order chi connectivity index (χ1) is 28.7. The largest absolute Gasteiger partial charge is 0.307 e. The van der Waals surface area contributed by atoms with Gasteiger partial charge in [-0.3, -0.25) is 0 Å². The SMILES string of the molecule is c1ccc(-n2c3ccccc3c3cccc(-n4c5ccccc5c5ccc(-c6nc(-c7ccc8ccccc8c7)nc(-c7ccc8ccccc8c7)n6)cc54)c32)cc1. The average molecular weight is 740 g/mol. The Morgan fingerprint density at radius 1 is 0.293 bits per heavy atom. The molecule has 12 aromatic rings. The molecule has 0 spiro atoms. The van der Waals surface area contributed by atoms with Gasteiger partial charge in [0.05, 0.1) is 27.8 Å². The number of hydrogen-bond donors (Lipinski definition) is 0. The Kier molecular flexibility index (Phi) is 7.16. The molecular formula is C53H33N5. The summed E-state index contributed by atoms with van der Waals surface area (Å²) in [5.74, 6) is 1.89. The molecule has 0 saturated carbocycles. The van der Waals surface area contributed by atoms with Crippen molar-refractivity contribution in [2.75, 3.05) is 0 Å². The summed E-state index contributed by atoms with van der Waals surface area (Å²) in [4.78, 5) is 15.6. The highest BCUT2D eigenvalue weighted by molar-refractivity contribution is 6.15. The predicted molar refractivity (Wildman–Crippen MR) is 240 cm³/mol. The molecule has 5 heteroatoms. The first-order valence-corrected chi connectivity index (χ1v) is 19.6. The van der Waals surface area contributed by atoms with Gasteiger partial charge in [-0.15, -0.1) is 0 Å². The van der Waals surface area contributed by atoms with Crippen LogP contribution in [0.15, 0.2) is 200 Å². The quantitative estimate of drug-likeness (QED) is 0.177. The summed E-state index contributed by atoms with van der Waals surface area (Å²) in [6.45, 7) is 0. The highest BCUT2D eigenvalue weighted by Gasteiger charge is 2.21. The molecule has 0 fully saturated rings. The predicted octanol–water partition coefficient (Wildman–Crippen LogP) is 13.4. The van der Waals surface area contributed by atoms with Crippen LogP contribution in [0.3, 0.4) is 0 Å². The molecule has 9 aromatic carbocycles. The fraction of sp³-hybridized carbons (Fsp3) is 0. The van der Waals surface area contributed by atoms with Gasteiger partial charge >= 0.3 is 0 Å². The fourth-order valence-corrected chi connectivity index (χ4v) is 8.82. The first-order valence-electron chi connectivity index (χ1n) is 19.6. The first kappa shape index (κ1) is 32.4. The van der Waals surface area contributed by atoms with Crippen molar-refractivity contribution in [1.82, 2.24) is 24.1 Å². The van der Waals surface area contributed by atoms with Crippen LogP contribution < -0.4 is 0 Å². The third-order valence-corrected chi connectivity index (χ3v) is 11.5. The number of hydrogen-bond acceptors (Lipinski definition) is 3. The lowest BCUT2D eigenvalue weighted by molar-refractivity contribution is 1.07. The lowest BCUT2D eigenvalue weighted by Crippen LogP contribution is -2.02. The molecule has 270 valence electrons. The summed E-state index contributed by atoms with van der Waals surface area (Å²) in [6.07, 6.45) is 0. The van der Waals surface area contributed by atoms with E-state index >= 15 is 0 Å². The molecule has 0 amide bonds. The van der Waals surface area contributed by atoms with Gasteiger partial charge in [0, 0.05) is 43.9 Å². The number of rotatable bonds is 5. The van der Waals surface area contributed by atoms with Crippen LogP contribution in [0.1, 0.15) is 0 Å². The van der Waals surface area contributed by atoms with E-state index < -0.39 is 0 Å². The van der Waals surface area contributed by atoms with Crippen LogP contribution in [0.25, 0.3) is 111 Å². The molecular weight excluding hydrogens is 707 g/mol. The number of para-hydroxylation sites is 4. The van der Waals surface area contributed by atoms with Crippen LogP contribution in [-0.2, 0) is 0 Å². The van der Waals surface area contributed by atoms with E-state index in [4.69, 9.17) is 15.0 Å². The van der Waals surface area contributed by atoms with Gasteiger partial charge < -0.3 is 9.13 Å². The highest BCUT2D eigenvalue weighted by Crippen LogP contribution is 2.40. The molecule has 0 saturated heterocycles. The van der Waals surface area contributed by atoms with Crippen LogP contribution in [0.5, 0.6) is 0 Å². The molecule has 0 unspecified atom stereocenters. The van der Waals surface area contributed by atoms with Gasteiger partial charge in [0.15, 0.2) is 17.5 Å². The summed E-state index contributed by atoms with van der Waals surface area (Å²) in [7, 11) is 0. The van der Waals surface area contributed by atoms with E-state index in [0.717, 1.165) is 60.8 Å². The van der Waals surface area contributed by atoms with Crippen LogP contribution in [0, 0.1) is 0 Å². The van der Waals surface area contributed by atoms with E-state index in [0.29, 0.717) is 17.5 Å². The number of benzene rings is 9. The zero-order valence-electron chi connectivity index (χ0n) is 31.3. The second-order valence-corrected chi connectivity index (χ2v) is 14.9. The summed E-state index contributed by atoms with van der Waals surface area (Å²) in [6, 6.07) is 71.0. The summed E-state index contributed by atoms with van der Waals surface area (Å²) >= 11 is 0. The molecule has 3 aromatic heterocycles. The Morgan fingerprint density at radius 2 is 0.759 bits per heavy atom. The maximum Gasteiger partial charge on any atom is 0.164 e. The minimum absolute atomic E-state index is 0.622. The molecule has 0 aliphatic rings. The number of aromatic nitrogens is 5. The van der Waals surface area contributed by atoms with Gasteiger partial charge in [-0.25, -0.2) is 15.0 Å². The summed E-state index contributed by atoms with van der Waals surface area (Å²) in [5, 5.41) is 9.41.